The van der Waals surface area contributed by atoms with Crippen molar-refractivity contribution >= 4 is 28.4 Å². The second-order valence-electron chi connectivity index (χ2n) is 4.34. The van der Waals surface area contributed by atoms with Crippen molar-refractivity contribution in [3.8, 4) is 0 Å². The highest BCUT2D eigenvalue weighted by atomic mass is 127. The molecule has 0 spiro atoms. The maximum absolute atomic E-state index is 11.5. The molecule has 100 valence electrons. The van der Waals surface area contributed by atoms with Gasteiger partial charge in [0.25, 0.3) is 5.56 Å². The Balaban J connectivity index is 1.97. The van der Waals surface area contributed by atoms with E-state index >= 15 is 0 Å². The number of anilines is 1. The first-order chi connectivity index (χ1) is 8.72. The van der Waals surface area contributed by atoms with Crippen LogP contribution in [-0.2, 0) is 0 Å². The molecule has 1 fully saturated rings. The first-order valence-corrected chi connectivity index (χ1v) is 7.21. The summed E-state index contributed by atoms with van der Waals surface area (Å²) < 4.78 is 0.672. The van der Waals surface area contributed by atoms with Gasteiger partial charge in [0, 0.05) is 26.2 Å². The van der Waals surface area contributed by atoms with Crippen LogP contribution in [0.25, 0.3) is 0 Å². The molecule has 0 bridgehead atoms. The third-order valence-electron chi connectivity index (χ3n) is 3.13. The molecule has 1 aromatic heterocycles. The van der Waals surface area contributed by atoms with Gasteiger partial charge < -0.3 is 15.6 Å². The van der Waals surface area contributed by atoms with Crippen LogP contribution < -0.4 is 16.2 Å². The van der Waals surface area contributed by atoms with E-state index in [9.17, 15) is 4.79 Å². The van der Waals surface area contributed by atoms with Gasteiger partial charge in [0.15, 0.2) is 0 Å². The van der Waals surface area contributed by atoms with E-state index in [1.807, 2.05) is 0 Å². The summed E-state index contributed by atoms with van der Waals surface area (Å²) in [6, 6.07) is 0. The zero-order chi connectivity index (χ0) is 13.0. The number of piperazine rings is 1. The molecule has 0 aliphatic carbocycles. The number of rotatable bonds is 4. The number of nitrogens with zero attached hydrogens (tertiary/aromatic N) is 3. The fourth-order valence-electron chi connectivity index (χ4n) is 2.09. The molecule has 0 atom stereocenters. The lowest BCUT2D eigenvalue weighted by Gasteiger charge is -2.35. The fraction of sp³-hybridized carbons (Fsp3) is 0.636. The summed E-state index contributed by atoms with van der Waals surface area (Å²) in [5, 5.41) is 0. The van der Waals surface area contributed by atoms with Crippen LogP contribution in [0.4, 0.5) is 5.82 Å². The van der Waals surface area contributed by atoms with Crippen LogP contribution in [0.15, 0.2) is 11.1 Å². The summed E-state index contributed by atoms with van der Waals surface area (Å²) in [4.78, 5) is 23.0. The molecule has 0 radical (unpaired) electrons. The molecule has 0 saturated carbocycles. The van der Waals surface area contributed by atoms with Crippen molar-refractivity contribution in [1.82, 2.24) is 14.9 Å². The minimum atomic E-state index is -0.0637. The van der Waals surface area contributed by atoms with Crippen molar-refractivity contribution in [3.05, 3.63) is 20.3 Å². The Morgan fingerprint density at radius 3 is 2.78 bits per heavy atom. The van der Waals surface area contributed by atoms with Crippen molar-refractivity contribution in [2.75, 3.05) is 44.2 Å². The Kier molecular flexibility index (Phi) is 4.95. The SMILES string of the molecule is NCCCN1CCN(c2nc[nH]c(=O)c2I)CC1. The molecule has 2 heterocycles. The third kappa shape index (κ3) is 3.21. The van der Waals surface area contributed by atoms with E-state index < -0.39 is 0 Å². The van der Waals surface area contributed by atoms with Crippen LogP contribution in [0.3, 0.4) is 0 Å². The molecule has 7 heteroatoms. The molecule has 1 aliphatic heterocycles. The molecule has 18 heavy (non-hydrogen) atoms. The molecule has 2 rings (SSSR count). The number of nitrogens with two attached hydrogens (primary N) is 1. The Morgan fingerprint density at radius 1 is 1.39 bits per heavy atom. The van der Waals surface area contributed by atoms with Gasteiger partial charge in [-0.15, -0.1) is 0 Å². The first-order valence-electron chi connectivity index (χ1n) is 6.13. The normalized spacial score (nSPS) is 17.1. The Hall–Kier alpha value is -0.670. The minimum absolute atomic E-state index is 0.0637. The summed E-state index contributed by atoms with van der Waals surface area (Å²) in [6.07, 6.45) is 2.52. The van der Waals surface area contributed by atoms with E-state index in [0.29, 0.717) is 3.57 Å². The van der Waals surface area contributed by atoms with Crippen LogP contribution >= 0.6 is 22.6 Å². The molecule has 0 unspecified atom stereocenters. The lowest BCUT2D eigenvalue weighted by atomic mass is 10.3. The maximum atomic E-state index is 11.5. The van der Waals surface area contributed by atoms with E-state index in [2.05, 4.69) is 42.4 Å². The van der Waals surface area contributed by atoms with Crippen molar-refractivity contribution in [2.24, 2.45) is 5.73 Å². The van der Waals surface area contributed by atoms with E-state index in [0.717, 1.165) is 51.5 Å². The monoisotopic (exact) mass is 363 g/mol. The zero-order valence-corrected chi connectivity index (χ0v) is 12.4. The molecule has 3 N–H and O–H groups in total. The molecular formula is C11H18IN5O. The van der Waals surface area contributed by atoms with Gasteiger partial charge in [-0.25, -0.2) is 4.98 Å². The summed E-state index contributed by atoms with van der Waals surface area (Å²) in [7, 11) is 0. The highest BCUT2D eigenvalue weighted by Gasteiger charge is 2.20. The largest absolute Gasteiger partial charge is 0.353 e. The predicted octanol–water partition coefficient (Wildman–Crippen LogP) is -0.155. The smallest absolute Gasteiger partial charge is 0.266 e. The summed E-state index contributed by atoms with van der Waals surface area (Å²) >= 11 is 2.06. The lowest BCUT2D eigenvalue weighted by molar-refractivity contribution is 0.255. The number of halogens is 1. The van der Waals surface area contributed by atoms with Gasteiger partial charge in [-0.05, 0) is 42.1 Å². The molecule has 1 aromatic rings. The fourth-order valence-corrected chi connectivity index (χ4v) is 2.73. The highest BCUT2D eigenvalue weighted by molar-refractivity contribution is 14.1. The van der Waals surface area contributed by atoms with Crippen LogP contribution in [0.1, 0.15) is 6.42 Å². The number of aromatic nitrogens is 2. The molecule has 0 amide bonds. The average molecular weight is 363 g/mol. The molecular weight excluding hydrogens is 345 g/mol. The topological polar surface area (TPSA) is 78.2 Å². The van der Waals surface area contributed by atoms with Crippen LogP contribution in [0.5, 0.6) is 0 Å². The first kappa shape index (κ1) is 13.8. The van der Waals surface area contributed by atoms with Crippen molar-refractivity contribution in [1.29, 1.82) is 0 Å². The summed E-state index contributed by atoms with van der Waals surface area (Å²) in [6.45, 7) is 5.64. The number of H-pyrrole nitrogens is 1. The van der Waals surface area contributed by atoms with Gasteiger partial charge in [0.2, 0.25) is 0 Å². The third-order valence-corrected chi connectivity index (χ3v) is 4.10. The lowest BCUT2D eigenvalue weighted by Crippen LogP contribution is -2.47. The van der Waals surface area contributed by atoms with Gasteiger partial charge >= 0.3 is 0 Å². The van der Waals surface area contributed by atoms with Crippen molar-refractivity contribution in [3.63, 3.8) is 0 Å². The van der Waals surface area contributed by atoms with Crippen LogP contribution in [-0.4, -0.2) is 54.1 Å². The van der Waals surface area contributed by atoms with Crippen molar-refractivity contribution in [2.45, 2.75) is 6.42 Å². The number of hydrogen-bond acceptors (Lipinski definition) is 5. The van der Waals surface area contributed by atoms with Gasteiger partial charge in [-0.1, -0.05) is 0 Å². The van der Waals surface area contributed by atoms with Gasteiger partial charge in [-0.2, -0.15) is 0 Å². The van der Waals surface area contributed by atoms with Crippen LogP contribution in [0, 0.1) is 3.57 Å². The highest BCUT2D eigenvalue weighted by Crippen LogP contribution is 2.17. The minimum Gasteiger partial charge on any atom is -0.353 e. The molecule has 1 saturated heterocycles. The van der Waals surface area contributed by atoms with Gasteiger partial charge in [0.1, 0.15) is 9.39 Å². The Labute approximate surface area is 120 Å². The molecule has 1 aliphatic rings. The second kappa shape index (κ2) is 6.48. The second-order valence-corrected chi connectivity index (χ2v) is 5.42. The average Bonchev–Trinajstić information content (AvgIpc) is 2.40. The van der Waals surface area contributed by atoms with E-state index in [1.54, 1.807) is 0 Å². The number of aromatic amines is 1. The predicted molar refractivity (Wildman–Crippen MR) is 79.9 cm³/mol. The summed E-state index contributed by atoms with van der Waals surface area (Å²) in [5.74, 6) is 0.804. The zero-order valence-electron chi connectivity index (χ0n) is 10.2. The van der Waals surface area contributed by atoms with Gasteiger partial charge in [0.05, 0.1) is 6.33 Å². The molecule has 0 aromatic carbocycles. The number of nitrogens with one attached hydrogen (secondary N) is 1. The van der Waals surface area contributed by atoms with Crippen molar-refractivity contribution < 1.29 is 0 Å². The van der Waals surface area contributed by atoms with E-state index in [4.69, 9.17) is 5.73 Å². The van der Waals surface area contributed by atoms with E-state index in [1.165, 1.54) is 6.33 Å². The quantitative estimate of drug-likeness (QED) is 0.728. The standard InChI is InChI=1S/C11H18IN5O/c12-9-10(14-8-15-11(9)18)17-6-4-16(5-7-17)3-1-2-13/h8H,1-7,13H2,(H,14,15,18). The van der Waals surface area contributed by atoms with E-state index in [-0.39, 0.29) is 5.56 Å². The van der Waals surface area contributed by atoms with Gasteiger partial charge in [-0.3, -0.25) is 9.69 Å². The Bertz CT molecular complexity index is 441. The number of hydrogen-bond donors (Lipinski definition) is 2. The summed E-state index contributed by atoms with van der Waals surface area (Å²) in [5.41, 5.74) is 5.45. The van der Waals surface area contributed by atoms with Crippen LogP contribution in [0.2, 0.25) is 0 Å². The maximum Gasteiger partial charge on any atom is 0.266 e. The molecule has 6 nitrogen and oxygen atoms in total. The Morgan fingerprint density at radius 2 is 2.11 bits per heavy atom.